The Morgan fingerprint density at radius 3 is 2.59 bits per heavy atom. The molecular formula is C15H18N4O2S. The number of quaternary nitrogens is 1. The predicted octanol–water partition coefficient (Wildman–Crippen LogP) is -0.288. The Labute approximate surface area is 133 Å². The molecule has 0 aliphatic carbocycles. The smallest absolute Gasteiger partial charge is 0.187 e. The minimum absolute atomic E-state index is 0.0361. The first-order valence-corrected chi connectivity index (χ1v) is 8.07. The first-order valence-electron chi connectivity index (χ1n) is 7.19. The molecule has 7 heteroatoms. The lowest BCUT2D eigenvalue weighted by Gasteiger charge is -2.29. The summed E-state index contributed by atoms with van der Waals surface area (Å²) in [5, 5.41) is 15.9. The summed E-state index contributed by atoms with van der Waals surface area (Å²) in [4.78, 5) is 18.5. The van der Waals surface area contributed by atoms with E-state index in [1.165, 1.54) is 27.3 Å². The lowest BCUT2D eigenvalue weighted by atomic mass is 10.2. The summed E-state index contributed by atoms with van der Waals surface area (Å²) in [7, 11) is 2.15. The molecule has 2 N–H and O–H groups in total. The molecule has 2 aromatic rings. The highest BCUT2D eigenvalue weighted by Gasteiger charge is 2.18. The van der Waals surface area contributed by atoms with Crippen molar-refractivity contribution in [3.05, 3.63) is 35.3 Å². The van der Waals surface area contributed by atoms with Crippen LogP contribution in [0, 0.1) is 0 Å². The Morgan fingerprint density at radius 1 is 1.32 bits per heavy atom. The number of anilines is 2. The van der Waals surface area contributed by atoms with Crippen molar-refractivity contribution >= 4 is 33.8 Å². The number of piperazine rings is 1. The van der Waals surface area contributed by atoms with E-state index in [-0.39, 0.29) is 5.69 Å². The van der Waals surface area contributed by atoms with Gasteiger partial charge in [0.1, 0.15) is 5.69 Å². The molecule has 6 nitrogen and oxygen atoms in total. The van der Waals surface area contributed by atoms with Gasteiger partial charge in [-0.15, -0.1) is 11.3 Å². The number of thiazole rings is 1. The van der Waals surface area contributed by atoms with Crippen molar-refractivity contribution in [1.29, 1.82) is 0 Å². The number of nitrogens with zero attached hydrogens (tertiary/aromatic N) is 2. The van der Waals surface area contributed by atoms with E-state index in [4.69, 9.17) is 0 Å². The van der Waals surface area contributed by atoms with Crippen LogP contribution in [-0.4, -0.2) is 49.1 Å². The van der Waals surface area contributed by atoms with E-state index < -0.39 is 5.97 Å². The lowest BCUT2D eigenvalue weighted by molar-refractivity contribution is -0.838. The van der Waals surface area contributed by atoms with Crippen molar-refractivity contribution in [1.82, 2.24) is 9.88 Å². The van der Waals surface area contributed by atoms with Gasteiger partial charge in [0.2, 0.25) is 0 Å². The van der Waals surface area contributed by atoms with E-state index >= 15 is 0 Å². The van der Waals surface area contributed by atoms with Gasteiger partial charge in [-0.25, -0.2) is 4.98 Å². The van der Waals surface area contributed by atoms with Crippen molar-refractivity contribution in [3.8, 4) is 0 Å². The van der Waals surface area contributed by atoms with E-state index in [2.05, 4.69) is 34.4 Å². The second-order valence-corrected chi connectivity index (χ2v) is 6.29. The molecule has 0 radical (unpaired) electrons. The Bertz CT molecular complexity index is 648. The van der Waals surface area contributed by atoms with E-state index in [1.54, 1.807) is 0 Å². The highest BCUT2D eigenvalue weighted by atomic mass is 32.1. The third kappa shape index (κ3) is 3.44. The molecule has 2 heterocycles. The minimum atomic E-state index is -1.25. The standard InChI is InChI=1S/C15H18N4O2S/c1-18-6-8-19(9-7-18)12-4-2-11(3-5-12)16-15-17-13(10-22-15)14(20)21/h2-5,10H,6-9H2,1H3,(H,16,17)(H,20,21). The van der Waals surface area contributed by atoms with E-state index in [9.17, 15) is 9.90 Å². The summed E-state index contributed by atoms with van der Waals surface area (Å²) >= 11 is 1.25. The maximum Gasteiger partial charge on any atom is 0.187 e. The second-order valence-electron chi connectivity index (χ2n) is 5.43. The molecule has 1 fully saturated rings. The predicted molar refractivity (Wildman–Crippen MR) is 84.0 cm³/mol. The zero-order chi connectivity index (χ0) is 15.5. The van der Waals surface area contributed by atoms with Crippen LogP contribution in [0.5, 0.6) is 0 Å². The van der Waals surface area contributed by atoms with Crippen molar-refractivity contribution < 1.29 is 14.8 Å². The SMILES string of the molecule is CN1CC[NH+](c2ccc(Nc3nc(C(=O)[O-])cs3)cc2)CC1. The molecule has 0 unspecified atom stereocenters. The monoisotopic (exact) mass is 318 g/mol. The van der Waals surface area contributed by atoms with Crippen LogP contribution in [0.1, 0.15) is 10.5 Å². The topological polar surface area (TPSA) is 72.7 Å². The van der Waals surface area contributed by atoms with Crippen molar-refractivity contribution in [2.75, 3.05) is 38.5 Å². The first-order chi connectivity index (χ1) is 10.6. The molecule has 1 saturated heterocycles. The van der Waals surface area contributed by atoms with Gasteiger partial charge in [-0.2, -0.15) is 0 Å². The number of carboxylic acids is 1. The van der Waals surface area contributed by atoms with Crippen molar-refractivity contribution in [2.45, 2.75) is 0 Å². The van der Waals surface area contributed by atoms with Crippen molar-refractivity contribution in [2.24, 2.45) is 0 Å². The van der Waals surface area contributed by atoms with Gasteiger partial charge in [0.05, 0.1) is 24.8 Å². The average molecular weight is 318 g/mol. The maximum absolute atomic E-state index is 10.7. The third-order valence-corrected chi connectivity index (χ3v) is 4.61. The molecule has 0 saturated carbocycles. The number of carbonyl (C=O) groups excluding carboxylic acids is 1. The highest BCUT2D eigenvalue weighted by Crippen LogP contribution is 2.21. The molecule has 1 aliphatic heterocycles. The number of hydrogen-bond donors (Lipinski definition) is 2. The summed E-state index contributed by atoms with van der Waals surface area (Å²) in [6.45, 7) is 4.45. The van der Waals surface area contributed by atoms with Crippen molar-refractivity contribution in [3.63, 3.8) is 0 Å². The van der Waals surface area contributed by atoms with Gasteiger partial charge >= 0.3 is 0 Å². The molecule has 22 heavy (non-hydrogen) atoms. The molecule has 1 aromatic heterocycles. The summed E-state index contributed by atoms with van der Waals surface area (Å²) in [5.74, 6) is -1.25. The van der Waals surface area contributed by atoms with Gasteiger partial charge in [0, 0.05) is 36.3 Å². The third-order valence-electron chi connectivity index (χ3n) is 3.85. The number of rotatable bonds is 4. The van der Waals surface area contributed by atoms with Crippen LogP contribution in [0.15, 0.2) is 29.6 Å². The van der Waals surface area contributed by atoms with Crippen LogP contribution in [0.25, 0.3) is 0 Å². The fraction of sp³-hybridized carbons (Fsp3) is 0.333. The van der Waals surface area contributed by atoms with Crippen LogP contribution in [0.2, 0.25) is 0 Å². The zero-order valence-corrected chi connectivity index (χ0v) is 13.2. The summed E-state index contributed by atoms with van der Waals surface area (Å²) in [6, 6.07) is 8.22. The number of nitrogens with one attached hydrogen (secondary N) is 2. The number of likely N-dealkylation sites (N-methyl/N-ethyl adjacent to an activating group) is 1. The van der Waals surface area contributed by atoms with E-state index in [0.29, 0.717) is 5.13 Å². The van der Waals surface area contributed by atoms with Crippen LogP contribution in [-0.2, 0) is 0 Å². The molecule has 116 valence electrons. The van der Waals surface area contributed by atoms with Crippen LogP contribution >= 0.6 is 11.3 Å². The van der Waals surface area contributed by atoms with Gasteiger partial charge in [-0.3, -0.25) is 4.90 Å². The van der Waals surface area contributed by atoms with E-state index in [1.807, 2.05) is 12.1 Å². The number of benzene rings is 1. The van der Waals surface area contributed by atoms with Gasteiger partial charge in [-0.1, -0.05) is 0 Å². The molecule has 0 bridgehead atoms. The largest absolute Gasteiger partial charge is 0.543 e. The lowest BCUT2D eigenvalue weighted by Crippen LogP contribution is -3.10. The quantitative estimate of drug-likeness (QED) is 0.811. The van der Waals surface area contributed by atoms with Gasteiger partial charge < -0.3 is 20.1 Å². The molecule has 1 aromatic carbocycles. The fourth-order valence-corrected chi connectivity index (χ4v) is 3.21. The normalized spacial score (nSPS) is 16.6. The molecule has 0 atom stereocenters. The summed E-state index contributed by atoms with van der Waals surface area (Å²) in [5.41, 5.74) is 2.15. The average Bonchev–Trinajstić information content (AvgIpc) is 2.98. The number of carbonyl (C=O) groups is 1. The Hall–Kier alpha value is -1.96. The molecule has 0 amide bonds. The molecule has 0 spiro atoms. The molecule has 3 rings (SSSR count). The minimum Gasteiger partial charge on any atom is -0.543 e. The Morgan fingerprint density at radius 2 is 2.00 bits per heavy atom. The van der Waals surface area contributed by atoms with Crippen LogP contribution in [0.4, 0.5) is 16.5 Å². The van der Waals surface area contributed by atoms with E-state index in [0.717, 1.165) is 31.9 Å². The number of aromatic carboxylic acids is 1. The van der Waals surface area contributed by atoms with Crippen LogP contribution < -0.4 is 15.3 Å². The summed E-state index contributed by atoms with van der Waals surface area (Å²) in [6.07, 6.45) is 0. The Balaban J connectivity index is 1.64. The first kappa shape index (κ1) is 15.0. The Kier molecular flexibility index (Phi) is 4.37. The zero-order valence-electron chi connectivity index (χ0n) is 12.3. The van der Waals surface area contributed by atoms with Gasteiger partial charge in [0.15, 0.2) is 5.13 Å². The van der Waals surface area contributed by atoms with Gasteiger partial charge in [0.25, 0.3) is 0 Å². The number of carboxylic acid groups (broad SMARTS) is 1. The maximum atomic E-state index is 10.7. The van der Waals surface area contributed by atoms with Crippen LogP contribution in [0.3, 0.4) is 0 Å². The number of hydrogen-bond acceptors (Lipinski definition) is 6. The molecular weight excluding hydrogens is 300 g/mol. The molecule has 1 aliphatic rings. The summed E-state index contributed by atoms with van der Waals surface area (Å²) < 4.78 is 0. The highest BCUT2D eigenvalue weighted by molar-refractivity contribution is 7.14. The second kappa shape index (κ2) is 6.43. The fourth-order valence-electron chi connectivity index (χ4n) is 2.51. The number of aromatic nitrogens is 1. The van der Waals surface area contributed by atoms with Gasteiger partial charge in [-0.05, 0) is 19.2 Å².